The lowest BCUT2D eigenvalue weighted by Gasteiger charge is -2.27. The first-order valence-corrected chi connectivity index (χ1v) is 19.6. The number of ether oxygens (including phenoxy) is 2. The summed E-state index contributed by atoms with van der Waals surface area (Å²) in [5.74, 6) is 3.42. The molecule has 0 saturated heterocycles. The van der Waals surface area contributed by atoms with Crippen LogP contribution in [0, 0.1) is 0 Å². The maximum Gasteiger partial charge on any atom is 0.135 e. The van der Waals surface area contributed by atoms with Gasteiger partial charge in [0, 0.05) is 50.1 Å². The van der Waals surface area contributed by atoms with Crippen molar-refractivity contribution in [1.82, 2.24) is 0 Å². The number of benzene rings is 9. The summed E-state index contributed by atoms with van der Waals surface area (Å²) in [6.45, 7) is 0. The van der Waals surface area contributed by atoms with Crippen LogP contribution in [0.2, 0.25) is 0 Å². The van der Waals surface area contributed by atoms with Crippen LogP contribution in [0.1, 0.15) is 0 Å². The minimum absolute atomic E-state index is 0.839. The Hall–Kier alpha value is -7.82. The molecule has 12 rings (SSSR count). The summed E-state index contributed by atoms with van der Waals surface area (Å²) in [5.41, 5.74) is 16.0. The Morgan fingerprint density at radius 2 is 0.724 bits per heavy atom. The molecule has 4 nitrogen and oxygen atoms in total. The molecule has 0 fully saturated rings. The van der Waals surface area contributed by atoms with Crippen molar-refractivity contribution < 1.29 is 13.9 Å². The van der Waals surface area contributed by atoms with E-state index in [1.807, 2.05) is 54.6 Å². The maximum atomic E-state index is 6.54. The number of hydrogen-bond donors (Lipinski definition) is 0. The molecule has 2 aliphatic rings. The van der Waals surface area contributed by atoms with Gasteiger partial charge >= 0.3 is 0 Å². The topological polar surface area (TPSA) is 34.8 Å². The van der Waals surface area contributed by atoms with Gasteiger partial charge in [-0.3, -0.25) is 0 Å². The highest BCUT2D eigenvalue weighted by Gasteiger charge is 2.24. The van der Waals surface area contributed by atoms with Crippen LogP contribution >= 0.6 is 0 Å². The zero-order valence-corrected chi connectivity index (χ0v) is 31.2. The van der Waals surface area contributed by atoms with Crippen LogP contribution in [0.25, 0.3) is 77.6 Å². The zero-order valence-electron chi connectivity index (χ0n) is 31.2. The maximum absolute atomic E-state index is 6.54. The first kappa shape index (κ1) is 32.4. The van der Waals surface area contributed by atoms with Crippen LogP contribution < -0.4 is 14.4 Å². The van der Waals surface area contributed by atoms with Gasteiger partial charge in [-0.05, 0) is 112 Å². The van der Waals surface area contributed by atoms with Crippen LogP contribution in [-0.4, -0.2) is 0 Å². The quantitative estimate of drug-likeness (QED) is 0.180. The smallest absolute Gasteiger partial charge is 0.135 e. The molecule has 0 saturated carbocycles. The third-order valence-corrected chi connectivity index (χ3v) is 11.5. The van der Waals surface area contributed by atoms with Crippen LogP contribution in [0.15, 0.2) is 205 Å². The summed E-state index contributed by atoms with van der Waals surface area (Å²) in [6, 6.07) is 70.3. The summed E-state index contributed by atoms with van der Waals surface area (Å²) >= 11 is 0. The van der Waals surface area contributed by atoms with E-state index in [1.165, 1.54) is 0 Å². The molecule has 0 unspecified atom stereocenters. The predicted octanol–water partition coefficient (Wildman–Crippen LogP) is 15.6. The average molecular weight is 744 g/mol. The Balaban J connectivity index is 1.02. The SMILES string of the molecule is c1ccc2c(c1)Oc1ccccc1-c1cc(-c3ccc(N(c4ccc5c(c4)-c4ccccc4Oc4ccccc4-5)c4ccc5oc6ccccc6c5c4)cc3)ccc1-2. The molecule has 0 amide bonds. The van der Waals surface area contributed by atoms with Gasteiger partial charge in [-0.2, -0.15) is 0 Å². The molecular weight excluding hydrogens is 711 g/mol. The summed E-state index contributed by atoms with van der Waals surface area (Å²) < 4.78 is 19.3. The highest BCUT2D eigenvalue weighted by molar-refractivity contribution is 6.07. The summed E-state index contributed by atoms with van der Waals surface area (Å²) in [5, 5.41) is 2.17. The normalized spacial score (nSPS) is 12.1. The molecule has 0 radical (unpaired) electrons. The molecule has 0 aliphatic carbocycles. The van der Waals surface area contributed by atoms with Crippen molar-refractivity contribution in [3.8, 4) is 78.6 Å². The number of fused-ring (bicyclic) bond motifs is 13. The first-order valence-electron chi connectivity index (χ1n) is 19.6. The third kappa shape index (κ3) is 5.16. The van der Waals surface area contributed by atoms with Crippen molar-refractivity contribution >= 4 is 39.0 Å². The van der Waals surface area contributed by atoms with E-state index >= 15 is 0 Å². The average Bonchev–Trinajstić information content (AvgIpc) is 3.50. The van der Waals surface area contributed by atoms with Gasteiger partial charge in [-0.15, -0.1) is 0 Å². The molecule has 4 heteroatoms. The van der Waals surface area contributed by atoms with Crippen molar-refractivity contribution in [3.63, 3.8) is 0 Å². The molecule has 0 N–H and O–H groups in total. The fourth-order valence-electron chi connectivity index (χ4n) is 8.76. The number of hydrogen-bond acceptors (Lipinski definition) is 4. The van der Waals surface area contributed by atoms with Gasteiger partial charge in [0.25, 0.3) is 0 Å². The second kappa shape index (κ2) is 12.9. The van der Waals surface area contributed by atoms with Gasteiger partial charge in [0.05, 0.1) is 0 Å². The number of anilines is 3. The molecule has 3 heterocycles. The number of para-hydroxylation sites is 5. The summed E-state index contributed by atoms with van der Waals surface area (Å²) in [6.07, 6.45) is 0. The first-order chi connectivity index (χ1) is 28.7. The summed E-state index contributed by atoms with van der Waals surface area (Å²) in [7, 11) is 0. The fraction of sp³-hybridized carbons (Fsp3) is 0. The fourth-order valence-corrected chi connectivity index (χ4v) is 8.76. The van der Waals surface area contributed by atoms with Crippen molar-refractivity contribution in [3.05, 3.63) is 200 Å². The lowest BCUT2D eigenvalue weighted by atomic mass is 9.91. The van der Waals surface area contributed by atoms with Crippen molar-refractivity contribution in [2.45, 2.75) is 0 Å². The van der Waals surface area contributed by atoms with Crippen LogP contribution in [0.3, 0.4) is 0 Å². The van der Waals surface area contributed by atoms with Crippen molar-refractivity contribution in [2.75, 3.05) is 4.90 Å². The Bertz CT molecular complexity index is 3250. The van der Waals surface area contributed by atoms with Gasteiger partial charge in [0.15, 0.2) is 0 Å². The Labute approximate surface area is 335 Å². The molecule has 2 aliphatic heterocycles. The van der Waals surface area contributed by atoms with Gasteiger partial charge in [0.2, 0.25) is 0 Å². The third-order valence-electron chi connectivity index (χ3n) is 11.5. The molecule has 0 bridgehead atoms. The molecule has 58 heavy (non-hydrogen) atoms. The Morgan fingerprint density at radius 3 is 1.36 bits per heavy atom. The van der Waals surface area contributed by atoms with Crippen molar-refractivity contribution in [1.29, 1.82) is 0 Å². The van der Waals surface area contributed by atoms with Gasteiger partial charge in [-0.25, -0.2) is 0 Å². The number of furan rings is 1. The highest BCUT2D eigenvalue weighted by atomic mass is 16.5. The lowest BCUT2D eigenvalue weighted by molar-refractivity contribution is 0.487. The minimum atomic E-state index is 0.839. The molecule has 1 aromatic heterocycles. The molecule has 272 valence electrons. The molecular formula is C54H33NO3. The molecule has 0 spiro atoms. The highest BCUT2D eigenvalue weighted by Crippen LogP contribution is 2.50. The van der Waals surface area contributed by atoms with E-state index in [2.05, 4.69) is 150 Å². The lowest BCUT2D eigenvalue weighted by Crippen LogP contribution is -2.10. The van der Waals surface area contributed by atoms with E-state index in [1.54, 1.807) is 0 Å². The van der Waals surface area contributed by atoms with Crippen LogP contribution in [-0.2, 0) is 0 Å². The molecule has 9 aromatic carbocycles. The largest absolute Gasteiger partial charge is 0.456 e. The van der Waals surface area contributed by atoms with Crippen LogP contribution in [0.5, 0.6) is 23.0 Å². The Kier molecular flexibility index (Phi) is 7.20. The Morgan fingerprint density at radius 1 is 0.276 bits per heavy atom. The summed E-state index contributed by atoms with van der Waals surface area (Å²) in [4.78, 5) is 2.34. The van der Waals surface area contributed by atoms with E-state index in [-0.39, 0.29) is 0 Å². The second-order valence-corrected chi connectivity index (χ2v) is 14.8. The molecule has 0 atom stereocenters. The second-order valence-electron chi connectivity index (χ2n) is 14.8. The number of nitrogens with zero attached hydrogens (tertiary/aromatic N) is 1. The van der Waals surface area contributed by atoms with Crippen LogP contribution in [0.4, 0.5) is 17.1 Å². The van der Waals surface area contributed by atoms with E-state index in [0.29, 0.717) is 0 Å². The van der Waals surface area contributed by atoms with E-state index in [9.17, 15) is 0 Å². The van der Waals surface area contributed by atoms with Gasteiger partial charge in [-0.1, -0.05) is 121 Å². The standard InChI is InChI=1S/C54H33NO3/c1-6-16-49-41(11-1)39-28-23-35(31-46(39)43-13-3-8-18-51(43)56-49)34-21-24-36(25-22-34)55(38-27-30-54-48(33-38)45-15-5-10-20-53(45)58-54)37-26-29-40-42-12-2-7-17-50(42)57-52-19-9-4-14-44(52)47(40)32-37/h1-33H. The molecule has 10 aromatic rings. The number of rotatable bonds is 4. The predicted molar refractivity (Wildman–Crippen MR) is 236 cm³/mol. The van der Waals surface area contributed by atoms with Gasteiger partial charge < -0.3 is 18.8 Å². The zero-order chi connectivity index (χ0) is 38.2. The van der Waals surface area contributed by atoms with Gasteiger partial charge in [0.1, 0.15) is 34.2 Å². The van der Waals surface area contributed by atoms with E-state index < -0.39 is 0 Å². The minimum Gasteiger partial charge on any atom is -0.456 e. The van der Waals surface area contributed by atoms with E-state index in [0.717, 1.165) is 118 Å². The van der Waals surface area contributed by atoms with E-state index in [4.69, 9.17) is 13.9 Å². The van der Waals surface area contributed by atoms with Crippen molar-refractivity contribution in [2.24, 2.45) is 0 Å². The monoisotopic (exact) mass is 743 g/mol.